The summed E-state index contributed by atoms with van der Waals surface area (Å²) in [5.41, 5.74) is 1.16. The molecule has 27 heavy (non-hydrogen) atoms. The number of nitrogens with zero attached hydrogens (tertiary/aromatic N) is 2. The third kappa shape index (κ3) is 4.59. The molecule has 3 N–H and O–H groups in total. The number of halogens is 1. The van der Waals surface area contributed by atoms with Gasteiger partial charge in [-0.3, -0.25) is 4.79 Å². The maximum Gasteiger partial charge on any atom is 0.250 e. The van der Waals surface area contributed by atoms with Crippen LogP contribution in [0.4, 0.5) is 15.9 Å². The summed E-state index contributed by atoms with van der Waals surface area (Å²) in [4.78, 5) is 16.0. The summed E-state index contributed by atoms with van der Waals surface area (Å²) in [5, 5.41) is 13.7. The van der Waals surface area contributed by atoms with Gasteiger partial charge in [0.1, 0.15) is 11.6 Å². The summed E-state index contributed by atoms with van der Waals surface area (Å²) in [6.07, 6.45) is 6.52. The molecule has 1 aliphatic heterocycles. The summed E-state index contributed by atoms with van der Waals surface area (Å²) in [5.74, 6) is -0.0336. The minimum absolute atomic E-state index is 0.0751. The van der Waals surface area contributed by atoms with Crippen LogP contribution in [0.3, 0.4) is 0 Å². The molecule has 2 aromatic rings. The van der Waals surface area contributed by atoms with Crippen LogP contribution in [0.1, 0.15) is 18.9 Å². The Labute approximate surface area is 156 Å². The molecule has 1 aliphatic rings. The Hall–Kier alpha value is -3.00. The van der Waals surface area contributed by atoms with Crippen molar-refractivity contribution in [3.63, 3.8) is 0 Å². The van der Waals surface area contributed by atoms with E-state index in [1.165, 1.54) is 24.5 Å². The van der Waals surface area contributed by atoms with Crippen molar-refractivity contribution < 1.29 is 9.13 Å². The normalized spacial score (nSPS) is 14.5. The van der Waals surface area contributed by atoms with Gasteiger partial charge in [0.25, 0.3) is 5.56 Å². The molecule has 0 amide bonds. The molecule has 1 saturated heterocycles. The average molecular weight is 371 g/mol. The number of hydrogen-bond acceptors (Lipinski definition) is 6. The van der Waals surface area contributed by atoms with Gasteiger partial charge in [-0.05, 0) is 12.5 Å². The zero-order valence-electron chi connectivity index (χ0n) is 15.0. The van der Waals surface area contributed by atoms with Crippen molar-refractivity contribution in [2.75, 3.05) is 23.8 Å². The molecule has 0 bridgehead atoms. The van der Waals surface area contributed by atoms with Crippen LogP contribution >= 0.6 is 0 Å². The third-order valence-corrected chi connectivity index (χ3v) is 4.15. The first-order chi connectivity index (χ1) is 13.1. The lowest BCUT2D eigenvalue weighted by atomic mass is 10.1. The third-order valence-electron chi connectivity index (χ3n) is 4.15. The van der Waals surface area contributed by atoms with E-state index in [9.17, 15) is 9.18 Å². The van der Waals surface area contributed by atoms with Gasteiger partial charge in [0.05, 0.1) is 24.9 Å². The van der Waals surface area contributed by atoms with Gasteiger partial charge < -0.3 is 25.3 Å². The minimum Gasteiger partial charge on any atom is -0.377 e. The van der Waals surface area contributed by atoms with E-state index < -0.39 is 5.82 Å². The number of ether oxygens (including phenoxy) is 1. The predicted octanol–water partition coefficient (Wildman–Crippen LogP) is 2.71. The summed E-state index contributed by atoms with van der Waals surface area (Å²) in [6.45, 7) is 3.78. The lowest BCUT2D eigenvalue weighted by molar-refractivity contribution is 0.0209. The SMILES string of the molecule is CCCn1cc(N/C=C(\C=N)c2cnc(NC3COC3)cc2F)ccc1=O. The number of aryl methyl sites for hydroxylation is 1. The summed E-state index contributed by atoms with van der Waals surface area (Å²) >= 11 is 0. The van der Waals surface area contributed by atoms with Crippen LogP contribution in [0.5, 0.6) is 0 Å². The van der Waals surface area contributed by atoms with E-state index in [0.29, 0.717) is 36.8 Å². The van der Waals surface area contributed by atoms with Gasteiger partial charge >= 0.3 is 0 Å². The maximum atomic E-state index is 14.5. The largest absolute Gasteiger partial charge is 0.377 e. The van der Waals surface area contributed by atoms with Gasteiger partial charge in [0.15, 0.2) is 0 Å². The predicted molar refractivity (Wildman–Crippen MR) is 104 cm³/mol. The Bertz CT molecular complexity index is 905. The van der Waals surface area contributed by atoms with Crippen LogP contribution in [-0.2, 0) is 11.3 Å². The second-order valence-electron chi connectivity index (χ2n) is 6.27. The standard InChI is InChI=1S/C19H22FN5O2/c1-2-5-25-10-14(3-4-19(25)26)22-8-13(7-21)16-9-23-18(6-17(16)20)24-15-11-27-12-15/h3-4,6-10,15,21-22H,2,5,11-12H2,1H3,(H,23,24)/b13-8+,21-7?. The number of rotatable bonds is 8. The monoisotopic (exact) mass is 371 g/mol. The molecule has 3 rings (SSSR count). The Kier molecular flexibility index (Phi) is 5.97. The van der Waals surface area contributed by atoms with Crippen molar-refractivity contribution in [2.24, 2.45) is 0 Å². The van der Waals surface area contributed by atoms with E-state index in [0.717, 1.165) is 12.6 Å². The van der Waals surface area contributed by atoms with Gasteiger partial charge in [-0.1, -0.05) is 6.92 Å². The van der Waals surface area contributed by atoms with Crippen molar-refractivity contribution >= 4 is 23.3 Å². The fourth-order valence-electron chi connectivity index (χ4n) is 2.64. The second kappa shape index (κ2) is 8.59. The van der Waals surface area contributed by atoms with Gasteiger partial charge in [0, 0.05) is 54.6 Å². The summed E-state index contributed by atoms with van der Waals surface area (Å²) < 4.78 is 21.1. The highest BCUT2D eigenvalue weighted by molar-refractivity contribution is 6.08. The van der Waals surface area contributed by atoms with E-state index in [1.54, 1.807) is 16.8 Å². The first-order valence-electron chi connectivity index (χ1n) is 8.78. The first-order valence-corrected chi connectivity index (χ1v) is 8.78. The number of anilines is 2. The molecule has 3 heterocycles. The number of pyridine rings is 2. The smallest absolute Gasteiger partial charge is 0.250 e. The van der Waals surface area contributed by atoms with Crippen LogP contribution in [0.15, 0.2) is 41.6 Å². The molecule has 0 atom stereocenters. The van der Waals surface area contributed by atoms with Crippen LogP contribution in [0.25, 0.3) is 5.57 Å². The van der Waals surface area contributed by atoms with Gasteiger partial charge in [-0.15, -0.1) is 0 Å². The van der Waals surface area contributed by atoms with E-state index in [-0.39, 0.29) is 17.2 Å². The van der Waals surface area contributed by atoms with E-state index in [1.807, 2.05) is 6.92 Å². The second-order valence-corrected chi connectivity index (χ2v) is 6.27. The van der Waals surface area contributed by atoms with Gasteiger partial charge in [0.2, 0.25) is 0 Å². The maximum absolute atomic E-state index is 14.5. The van der Waals surface area contributed by atoms with E-state index >= 15 is 0 Å². The molecular weight excluding hydrogens is 349 g/mol. The number of hydrogen-bond donors (Lipinski definition) is 3. The van der Waals surface area contributed by atoms with Crippen LogP contribution < -0.4 is 16.2 Å². The van der Waals surface area contributed by atoms with E-state index in [4.69, 9.17) is 10.1 Å². The average Bonchev–Trinajstić information content (AvgIpc) is 2.62. The Balaban J connectivity index is 1.76. The van der Waals surface area contributed by atoms with Crippen LogP contribution in [0, 0.1) is 11.2 Å². The van der Waals surface area contributed by atoms with Crippen molar-refractivity contribution in [3.05, 3.63) is 58.5 Å². The molecule has 0 aliphatic carbocycles. The number of allylic oxidation sites excluding steroid dienone is 1. The highest BCUT2D eigenvalue weighted by Crippen LogP contribution is 2.20. The van der Waals surface area contributed by atoms with Crippen molar-refractivity contribution in [1.82, 2.24) is 9.55 Å². The molecule has 0 unspecified atom stereocenters. The quantitative estimate of drug-likeness (QED) is 0.621. The lowest BCUT2D eigenvalue weighted by Crippen LogP contribution is -2.40. The number of aromatic nitrogens is 2. The van der Waals surface area contributed by atoms with Crippen molar-refractivity contribution in [3.8, 4) is 0 Å². The van der Waals surface area contributed by atoms with Crippen LogP contribution in [-0.4, -0.2) is 35.0 Å². The fourth-order valence-corrected chi connectivity index (χ4v) is 2.64. The van der Waals surface area contributed by atoms with Gasteiger partial charge in [-0.2, -0.15) is 0 Å². The summed E-state index contributed by atoms with van der Waals surface area (Å²) in [6, 6.07) is 4.59. The molecule has 1 fully saturated rings. The minimum atomic E-state index is -0.472. The molecule has 2 aromatic heterocycles. The molecule has 0 saturated carbocycles. The Morgan fingerprint density at radius 1 is 1.48 bits per heavy atom. The molecule has 0 aromatic carbocycles. The van der Waals surface area contributed by atoms with Crippen LogP contribution in [0.2, 0.25) is 0 Å². The highest BCUT2D eigenvalue weighted by Gasteiger charge is 2.19. The molecule has 0 spiro atoms. The van der Waals surface area contributed by atoms with Crippen molar-refractivity contribution in [1.29, 1.82) is 5.41 Å². The molecule has 8 heteroatoms. The topological polar surface area (TPSA) is 92.0 Å². The fraction of sp³-hybridized carbons (Fsp3) is 0.316. The zero-order valence-corrected chi connectivity index (χ0v) is 15.0. The Morgan fingerprint density at radius 2 is 2.30 bits per heavy atom. The number of nitrogens with one attached hydrogen (secondary N) is 3. The Morgan fingerprint density at radius 3 is 2.93 bits per heavy atom. The zero-order chi connectivity index (χ0) is 19.2. The summed E-state index contributed by atoms with van der Waals surface area (Å²) in [7, 11) is 0. The molecule has 7 nitrogen and oxygen atoms in total. The van der Waals surface area contributed by atoms with Crippen molar-refractivity contribution in [2.45, 2.75) is 25.9 Å². The molecular formula is C19H22FN5O2. The first kappa shape index (κ1) is 18.8. The molecule has 142 valence electrons. The van der Waals surface area contributed by atoms with E-state index in [2.05, 4.69) is 15.6 Å². The lowest BCUT2D eigenvalue weighted by Gasteiger charge is -2.27. The van der Waals surface area contributed by atoms with Gasteiger partial charge in [-0.25, -0.2) is 9.37 Å². The molecule has 0 radical (unpaired) electrons. The highest BCUT2D eigenvalue weighted by atomic mass is 19.1.